The van der Waals surface area contributed by atoms with Crippen LogP contribution in [0.4, 0.5) is 0 Å². The van der Waals surface area contributed by atoms with Crippen LogP contribution < -0.4 is 20.1 Å². The Morgan fingerprint density at radius 2 is 1.83 bits per heavy atom. The molecule has 162 valence electrons. The lowest BCUT2D eigenvalue weighted by Gasteiger charge is -2.18. The summed E-state index contributed by atoms with van der Waals surface area (Å²) in [6.45, 7) is 3.29. The summed E-state index contributed by atoms with van der Waals surface area (Å²) in [5.41, 5.74) is 1.80. The van der Waals surface area contributed by atoms with E-state index in [0.717, 1.165) is 23.5 Å². The fourth-order valence-electron chi connectivity index (χ4n) is 2.85. The minimum atomic E-state index is -0.0515. The van der Waals surface area contributed by atoms with Gasteiger partial charge >= 0.3 is 0 Å². The van der Waals surface area contributed by atoms with E-state index in [-0.39, 0.29) is 12.0 Å². The zero-order valence-corrected chi connectivity index (χ0v) is 18.4. The Balaban J connectivity index is 1.78. The van der Waals surface area contributed by atoms with Gasteiger partial charge < -0.3 is 25.0 Å². The van der Waals surface area contributed by atoms with Crippen LogP contribution in [0.1, 0.15) is 22.8 Å². The number of amides is 1. The molecule has 1 amide bonds. The molecule has 30 heavy (non-hydrogen) atoms. The van der Waals surface area contributed by atoms with Crippen molar-refractivity contribution >= 4 is 11.9 Å². The van der Waals surface area contributed by atoms with E-state index in [2.05, 4.69) is 15.6 Å². The molecule has 1 unspecified atom stereocenters. The van der Waals surface area contributed by atoms with Gasteiger partial charge in [-0.15, -0.1) is 0 Å². The van der Waals surface area contributed by atoms with Gasteiger partial charge in [0.05, 0.1) is 13.7 Å². The number of aliphatic imine (C=N–C) groups is 1. The van der Waals surface area contributed by atoms with E-state index < -0.39 is 0 Å². The minimum absolute atomic E-state index is 0.00677. The molecule has 0 spiro atoms. The third kappa shape index (κ3) is 7.31. The first kappa shape index (κ1) is 23.1. The number of carbonyl (C=O) groups is 1. The Labute approximate surface area is 179 Å². The summed E-state index contributed by atoms with van der Waals surface area (Å²) in [7, 11) is 6.88. The van der Waals surface area contributed by atoms with Crippen molar-refractivity contribution in [3.8, 4) is 11.5 Å². The van der Waals surface area contributed by atoms with Gasteiger partial charge in [0, 0.05) is 39.3 Å². The Morgan fingerprint density at radius 1 is 1.10 bits per heavy atom. The maximum Gasteiger partial charge on any atom is 0.253 e. The SMILES string of the molecule is CN=C(NCCc1cccc(C(=O)N(C)C)c1)NCC(C)Oc1cccc(OC)c1. The van der Waals surface area contributed by atoms with Crippen LogP contribution in [-0.2, 0) is 6.42 Å². The Hall–Kier alpha value is -3.22. The Kier molecular flexibility index (Phi) is 9.00. The lowest BCUT2D eigenvalue weighted by Crippen LogP contribution is -2.42. The first-order valence-corrected chi connectivity index (χ1v) is 9.98. The monoisotopic (exact) mass is 412 g/mol. The van der Waals surface area contributed by atoms with Gasteiger partial charge in [0.15, 0.2) is 5.96 Å². The highest BCUT2D eigenvalue weighted by atomic mass is 16.5. The van der Waals surface area contributed by atoms with Crippen LogP contribution in [-0.4, -0.2) is 64.2 Å². The van der Waals surface area contributed by atoms with Crippen molar-refractivity contribution in [1.29, 1.82) is 0 Å². The predicted molar refractivity (Wildman–Crippen MR) is 121 cm³/mol. The fourth-order valence-corrected chi connectivity index (χ4v) is 2.85. The molecule has 0 saturated heterocycles. The molecule has 0 bridgehead atoms. The van der Waals surface area contributed by atoms with Crippen molar-refractivity contribution in [3.05, 3.63) is 59.7 Å². The van der Waals surface area contributed by atoms with Gasteiger partial charge in [-0.1, -0.05) is 18.2 Å². The maximum absolute atomic E-state index is 12.1. The van der Waals surface area contributed by atoms with E-state index in [4.69, 9.17) is 9.47 Å². The Bertz CT molecular complexity index is 852. The minimum Gasteiger partial charge on any atom is -0.497 e. The average molecular weight is 413 g/mol. The van der Waals surface area contributed by atoms with Crippen molar-refractivity contribution in [2.24, 2.45) is 4.99 Å². The molecular formula is C23H32N4O3. The van der Waals surface area contributed by atoms with Crippen LogP contribution in [0.5, 0.6) is 11.5 Å². The number of ether oxygens (including phenoxy) is 2. The van der Waals surface area contributed by atoms with Crippen molar-refractivity contribution < 1.29 is 14.3 Å². The van der Waals surface area contributed by atoms with Crippen LogP contribution in [0.15, 0.2) is 53.5 Å². The lowest BCUT2D eigenvalue weighted by molar-refractivity contribution is 0.0827. The molecule has 0 aliphatic carbocycles. The number of methoxy groups -OCH3 is 1. The quantitative estimate of drug-likeness (QED) is 0.489. The normalized spacial score (nSPS) is 12.1. The number of nitrogens with zero attached hydrogens (tertiary/aromatic N) is 2. The van der Waals surface area contributed by atoms with Crippen LogP contribution >= 0.6 is 0 Å². The summed E-state index contributed by atoms with van der Waals surface area (Å²) in [5.74, 6) is 2.24. The molecule has 0 heterocycles. The van der Waals surface area contributed by atoms with Crippen LogP contribution in [0.3, 0.4) is 0 Å². The van der Waals surface area contributed by atoms with E-state index >= 15 is 0 Å². The predicted octanol–water partition coefficient (Wildman–Crippen LogP) is 2.57. The van der Waals surface area contributed by atoms with Crippen molar-refractivity contribution in [1.82, 2.24) is 15.5 Å². The molecule has 2 N–H and O–H groups in total. The highest BCUT2D eigenvalue weighted by Gasteiger charge is 2.09. The number of guanidine groups is 1. The maximum atomic E-state index is 12.1. The average Bonchev–Trinajstić information content (AvgIpc) is 2.75. The lowest BCUT2D eigenvalue weighted by atomic mass is 10.1. The first-order valence-electron chi connectivity index (χ1n) is 9.98. The van der Waals surface area contributed by atoms with Gasteiger partial charge in [-0.25, -0.2) is 0 Å². The van der Waals surface area contributed by atoms with E-state index in [0.29, 0.717) is 24.6 Å². The second-order valence-electron chi connectivity index (χ2n) is 7.14. The molecule has 0 aliphatic heterocycles. The summed E-state index contributed by atoms with van der Waals surface area (Å²) < 4.78 is 11.1. The summed E-state index contributed by atoms with van der Waals surface area (Å²) in [4.78, 5) is 17.9. The molecule has 0 saturated carbocycles. The zero-order valence-electron chi connectivity index (χ0n) is 18.4. The molecule has 0 aliphatic rings. The Morgan fingerprint density at radius 3 is 2.53 bits per heavy atom. The number of hydrogen-bond donors (Lipinski definition) is 2. The largest absolute Gasteiger partial charge is 0.497 e. The topological polar surface area (TPSA) is 75.2 Å². The summed E-state index contributed by atoms with van der Waals surface area (Å²) in [6, 6.07) is 15.3. The number of hydrogen-bond acceptors (Lipinski definition) is 4. The molecule has 2 rings (SSSR count). The molecule has 1 atom stereocenters. The second kappa shape index (κ2) is 11.7. The van der Waals surface area contributed by atoms with Gasteiger partial charge in [-0.05, 0) is 43.2 Å². The fraction of sp³-hybridized carbons (Fsp3) is 0.391. The van der Waals surface area contributed by atoms with Crippen LogP contribution in [0.25, 0.3) is 0 Å². The molecule has 0 fully saturated rings. The molecular weight excluding hydrogens is 380 g/mol. The molecule has 2 aromatic rings. The standard InChI is InChI=1S/C23H32N4O3/c1-17(30-21-11-7-10-20(15-21)29-5)16-26-23(24-2)25-13-12-18-8-6-9-19(14-18)22(28)27(3)4/h6-11,14-15,17H,12-13,16H2,1-5H3,(H2,24,25,26). The molecule has 0 aromatic heterocycles. The van der Waals surface area contributed by atoms with Crippen LogP contribution in [0, 0.1) is 0 Å². The van der Waals surface area contributed by atoms with Gasteiger partial charge in [-0.3, -0.25) is 9.79 Å². The van der Waals surface area contributed by atoms with E-state index in [1.165, 1.54) is 0 Å². The summed E-state index contributed by atoms with van der Waals surface area (Å²) in [6.07, 6.45) is 0.731. The van der Waals surface area contributed by atoms with Gasteiger partial charge in [-0.2, -0.15) is 0 Å². The van der Waals surface area contributed by atoms with Crippen molar-refractivity contribution in [3.63, 3.8) is 0 Å². The summed E-state index contributed by atoms with van der Waals surface area (Å²) in [5, 5.41) is 6.57. The number of nitrogens with one attached hydrogen (secondary N) is 2. The molecule has 2 aromatic carbocycles. The van der Waals surface area contributed by atoms with Gasteiger partial charge in [0.1, 0.15) is 17.6 Å². The first-order chi connectivity index (χ1) is 14.4. The third-order valence-electron chi connectivity index (χ3n) is 4.45. The number of carbonyl (C=O) groups excluding carboxylic acids is 1. The van der Waals surface area contributed by atoms with Crippen molar-refractivity contribution in [2.75, 3.05) is 41.3 Å². The highest BCUT2D eigenvalue weighted by molar-refractivity contribution is 5.94. The van der Waals surface area contributed by atoms with E-state index in [9.17, 15) is 4.79 Å². The number of rotatable bonds is 9. The third-order valence-corrected chi connectivity index (χ3v) is 4.45. The smallest absolute Gasteiger partial charge is 0.253 e. The highest BCUT2D eigenvalue weighted by Crippen LogP contribution is 2.19. The van der Waals surface area contributed by atoms with Gasteiger partial charge in [0.25, 0.3) is 5.91 Å². The van der Waals surface area contributed by atoms with Gasteiger partial charge in [0.2, 0.25) is 0 Å². The number of benzene rings is 2. The second-order valence-corrected chi connectivity index (χ2v) is 7.14. The van der Waals surface area contributed by atoms with E-state index in [1.54, 1.807) is 33.2 Å². The zero-order chi connectivity index (χ0) is 21.9. The molecule has 7 heteroatoms. The van der Waals surface area contributed by atoms with E-state index in [1.807, 2.05) is 55.5 Å². The van der Waals surface area contributed by atoms with Crippen molar-refractivity contribution in [2.45, 2.75) is 19.4 Å². The van der Waals surface area contributed by atoms with Crippen LogP contribution in [0.2, 0.25) is 0 Å². The summed E-state index contributed by atoms with van der Waals surface area (Å²) >= 11 is 0. The molecule has 0 radical (unpaired) electrons. The molecule has 7 nitrogen and oxygen atoms in total.